The fourth-order valence-electron chi connectivity index (χ4n) is 1.89. The Morgan fingerprint density at radius 2 is 1.94 bits per heavy atom. The molecule has 0 fully saturated rings. The van der Waals surface area contributed by atoms with E-state index >= 15 is 0 Å². The van der Waals surface area contributed by atoms with Gasteiger partial charge in [-0.25, -0.2) is 4.39 Å². The van der Waals surface area contributed by atoms with Crippen molar-refractivity contribution in [2.24, 2.45) is 0 Å². The first kappa shape index (κ1) is 13.3. The Morgan fingerprint density at radius 1 is 1.17 bits per heavy atom. The lowest BCUT2D eigenvalue weighted by atomic mass is 10.1. The van der Waals surface area contributed by atoms with Crippen molar-refractivity contribution < 1.29 is 8.81 Å². The molecule has 0 bridgehead atoms. The lowest BCUT2D eigenvalue weighted by molar-refractivity contribution is 0.393. The second kappa shape index (κ2) is 5.67. The maximum Gasteiger partial charge on any atom is 0.169 e. The standard InChI is InChI=1S/C14H15BrFNO/c1-9(11-4-3-5-12(16)8-11)17-10(2)13-6-7-14(15)18-13/h3-10,17H,1-2H3/t9-,10?/m1/s1. The first-order chi connectivity index (χ1) is 8.56. The van der Waals surface area contributed by atoms with Crippen molar-refractivity contribution in [3.63, 3.8) is 0 Å². The van der Waals surface area contributed by atoms with E-state index in [1.165, 1.54) is 6.07 Å². The maximum atomic E-state index is 13.1. The molecule has 1 N–H and O–H groups in total. The zero-order chi connectivity index (χ0) is 13.1. The molecule has 2 nitrogen and oxygen atoms in total. The minimum absolute atomic E-state index is 0.0552. The monoisotopic (exact) mass is 311 g/mol. The number of rotatable bonds is 4. The molecule has 0 radical (unpaired) electrons. The van der Waals surface area contributed by atoms with Crippen LogP contribution >= 0.6 is 15.9 Å². The van der Waals surface area contributed by atoms with Gasteiger partial charge in [-0.15, -0.1) is 0 Å². The van der Waals surface area contributed by atoms with Crippen molar-refractivity contribution in [1.29, 1.82) is 0 Å². The quantitative estimate of drug-likeness (QED) is 0.893. The second-order valence-corrected chi connectivity index (χ2v) is 5.09. The summed E-state index contributed by atoms with van der Waals surface area (Å²) in [6, 6.07) is 10.5. The van der Waals surface area contributed by atoms with Crippen LogP contribution in [0.5, 0.6) is 0 Å². The Morgan fingerprint density at radius 3 is 2.56 bits per heavy atom. The van der Waals surface area contributed by atoms with E-state index in [1.54, 1.807) is 12.1 Å². The van der Waals surface area contributed by atoms with Crippen LogP contribution in [0.15, 0.2) is 45.5 Å². The number of nitrogens with one attached hydrogen (secondary N) is 1. The highest BCUT2D eigenvalue weighted by molar-refractivity contribution is 9.10. The predicted octanol–water partition coefficient (Wildman–Crippen LogP) is 4.59. The van der Waals surface area contributed by atoms with Gasteiger partial charge in [-0.1, -0.05) is 12.1 Å². The zero-order valence-electron chi connectivity index (χ0n) is 10.3. The van der Waals surface area contributed by atoms with E-state index in [9.17, 15) is 4.39 Å². The van der Waals surface area contributed by atoms with Crippen LogP contribution in [0.4, 0.5) is 4.39 Å². The average Bonchev–Trinajstić information content (AvgIpc) is 2.76. The molecule has 0 aliphatic heterocycles. The zero-order valence-corrected chi connectivity index (χ0v) is 11.9. The first-order valence-electron chi connectivity index (χ1n) is 5.83. The molecule has 1 unspecified atom stereocenters. The van der Waals surface area contributed by atoms with Crippen molar-refractivity contribution in [2.45, 2.75) is 25.9 Å². The van der Waals surface area contributed by atoms with Gasteiger partial charge in [0.05, 0.1) is 6.04 Å². The van der Waals surface area contributed by atoms with Crippen LogP contribution in [0.3, 0.4) is 0 Å². The third kappa shape index (κ3) is 3.21. The normalized spacial score (nSPS) is 14.4. The summed E-state index contributed by atoms with van der Waals surface area (Å²) < 4.78 is 19.3. The van der Waals surface area contributed by atoms with E-state index in [1.807, 2.05) is 32.0 Å². The van der Waals surface area contributed by atoms with E-state index in [0.29, 0.717) is 4.67 Å². The van der Waals surface area contributed by atoms with Gasteiger partial charge in [0.2, 0.25) is 0 Å². The van der Waals surface area contributed by atoms with E-state index < -0.39 is 0 Å². The van der Waals surface area contributed by atoms with Crippen molar-refractivity contribution in [3.05, 3.63) is 58.2 Å². The van der Waals surface area contributed by atoms with Crippen LogP contribution in [0.2, 0.25) is 0 Å². The molecule has 0 saturated carbocycles. The van der Waals surface area contributed by atoms with Crippen LogP contribution in [0.25, 0.3) is 0 Å². The predicted molar refractivity (Wildman–Crippen MR) is 72.8 cm³/mol. The van der Waals surface area contributed by atoms with Gasteiger partial charge >= 0.3 is 0 Å². The molecule has 4 heteroatoms. The number of hydrogen-bond acceptors (Lipinski definition) is 2. The summed E-state index contributed by atoms with van der Waals surface area (Å²) in [6.07, 6.45) is 0. The summed E-state index contributed by atoms with van der Waals surface area (Å²) >= 11 is 3.28. The highest BCUT2D eigenvalue weighted by Gasteiger charge is 2.14. The van der Waals surface area contributed by atoms with Gasteiger partial charge in [0.1, 0.15) is 11.6 Å². The fraction of sp³-hybridized carbons (Fsp3) is 0.286. The molecule has 0 saturated heterocycles. The van der Waals surface area contributed by atoms with Crippen LogP contribution in [0.1, 0.15) is 37.3 Å². The molecule has 18 heavy (non-hydrogen) atoms. The van der Waals surface area contributed by atoms with Gasteiger partial charge in [-0.3, -0.25) is 0 Å². The van der Waals surface area contributed by atoms with Gasteiger partial charge in [0.15, 0.2) is 4.67 Å². The van der Waals surface area contributed by atoms with E-state index in [-0.39, 0.29) is 17.9 Å². The van der Waals surface area contributed by atoms with Gasteiger partial charge in [0.25, 0.3) is 0 Å². The molecule has 0 amide bonds. The van der Waals surface area contributed by atoms with Crippen molar-refractivity contribution >= 4 is 15.9 Å². The molecule has 1 aromatic heterocycles. The summed E-state index contributed by atoms with van der Waals surface area (Å²) in [6.45, 7) is 4.02. The molecule has 2 atom stereocenters. The maximum absolute atomic E-state index is 13.1. The van der Waals surface area contributed by atoms with Crippen LogP contribution in [-0.4, -0.2) is 0 Å². The highest BCUT2D eigenvalue weighted by atomic mass is 79.9. The third-order valence-corrected chi connectivity index (χ3v) is 3.30. The van der Waals surface area contributed by atoms with E-state index in [4.69, 9.17) is 4.42 Å². The largest absolute Gasteiger partial charge is 0.453 e. The Hall–Kier alpha value is -1.13. The minimum atomic E-state index is -0.213. The molecule has 0 aliphatic carbocycles. The summed E-state index contributed by atoms with van der Waals surface area (Å²) in [5, 5.41) is 3.37. The smallest absolute Gasteiger partial charge is 0.169 e. The lowest BCUT2D eigenvalue weighted by Crippen LogP contribution is -2.22. The van der Waals surface area contributed by atoms with Crippen LogP contribution < -0.4 is 5.32 Å². The molecule has 1 aromatic carbocycles. The first-order valence-corrected chi connectivity index (χ1v) is 6.62. The van der Waals surface area contributed by atoms with E-state index in [2.05, 4.69) is 21.2 Å². The van der Waals surface area contributed by atoms with Crippen molar-refractivity contribution in [2.75, 3.05) is 0 Å². The Labute approximate surface area is 114 Å². The Kier molecular flexibility index (Phi) is 4.19. The van der Waals surface area contributed by atoms with Gasteiger partial charge in [-0.2, -0.15) is 0 Å². The Balaban J connectivity index is 2.05. The van der Waals surface area contributed by atoms with Gasteiger partial charge < -0.3 is 9.73 Å². The molecule has 0 aliphatic rings. The topological polar surface area (TPSA) is 25.2 Å². The van der Waals surface area contributed by atoms with Gasteiger partial charge in [0, 0.05) is 6.04 Å². The molecular weight excluding hydrogens is 297 g/mol. The summed E-state index contributed by atoms with van der Waals surface area (Å²) in [5.41, 5.74) is 0.924. The van der Waals surface area contributed by atoms with Gasteiger partial charge in [-0.05, 0) is 59.6 Å². The molecule has 1 heterocycles. The Bertz CT molecular complexity index is 526. The fourth-order valence-corrected chi connectivity index (χ4v) is 2.21. The van der Waals surface area contributed by atoms with Crippen LogP contribution in [-0.2, 0) is 0 Å². The molecule has 0 spiro atoms. The highest BCUT2D eigenvalue weighted by Crippen LogP contribution is 2.23. The minimum Gasteiger partial charge on any atom is -0.453 e. The van der Waals surface area contributed by atoms with Crippen molar-refractivity contribution in [3.8, 4) is 0 Å². The second-order valence-electron chi connectivity index (χ2n) is 4.31. The molecule has 2 rings (SSSR count). The summed E-state index contributed by atoms with van der Waals surface area (Å²) in [7, 11) is 0. The third-order valence-electron chi connectivity index (χ3n) is 2.87. The molecule has 96 valence electrons. The molecule has 2 aromatic rings. The number of halogens is 2. The number of hydrogen-bond donors (Lipinski definition) is 1. The SMILES string of the molecule is CC(N[C@H](C)c1cccc(F)c1)c1ccc(Br)o1. The number of benzene rings is 1. The van der Waals surface area contributed by atoms with E-state index in [0.717, 1.165) is 11.3 Å². The van der Waals surface area contributed by atoms with Crippen LogP contribution in [0, 0.1) is 5.82 Å². The lowest BCUT2D eigenvalue weighted by Gasteiger charge is -2.18. The van der Waals surface area contributed by atoms with Crippen molar-refractivity contribution in [1.82, 2.24) is 5.32 Å². The number of furan rings is 1. The summed E-state index contributed by atoms with van der Waals surface area (Å²) in [5.74, 6) is 0.639. The molecular formula is C14H15BrFNO. The summed E-state index contributed by atoms with van der Waals surface area (Å²) in [4.78, 5) is 0. The average molecular weight is 312 g/mol.